The number of aliphatic imine (C=N–C) groups is 1. The molecule has 0 aliphatic carbocycles. The third kappa shape index (κ3) is 3.65. The fourth-order valence-electron chi connectivity index (χ4n) is 3.83. The molecule has 5 nitrogen and oxygen atoms in total. The molecule has 1 aromatic carbocycles. The van der Waals surface area contributed by atoms with E-state index in [1.54, 1.807) is 6.92 Å². The number of halogens is 5. The van der Waals surface area contributed by atoms with Crippen molar-refractivity contribution in [2.24, 2.45) is 4.99 Å². The van der Waals surface area contributed by atoms with Crippen molar-refractivity contribution in [2.75, 3.05) is 0 Å². The van der Waals surface area contributed by atoms with Gasteiger partial charge in [0.15, 0.2) is 0 Å². The molecule has 0 unspecified atom stereocenters. The molecule has 0 saturated carbocycles. The van der Waals surface area contributed by atoms with Gasteiger partial charge in [-0.25, -0.2) is 13.2 Å². The van der Waals surface area contributed by atoms with E-state index in [-0.39, 0.29) is 16.0 Å². The van der Waals surface area contributed by atoms with E-state index in [0.29, 0.717) is 11.1 Å². The quantitative estimate of drug-likeness (QED) is 0.589. The van der Waals surface area contributed by atoms with Crippen LogP contribution in [0.5, 0.6) is 0 Å². The summed E-state index contributed by atoms with van der Waals surface area (Å²) in [7, 11) is 0. The highest BCUT2D eigenvalue weighted by Crippen LogP contribution is 2.39. The minimum atomic E-state index is -3.03. The molecule has 1 N–H and O–H groups in total. The maximum Gasteiger partial charge on any atom is 0.321 e. The van der Waals surface area contributed by atoms with Gasteiger partial charge in [0.05, 0.1) is 6.04 Å². The molecule has 0 fully saturated rings. The van der Waals surface area contributed by atoms with Crippen LogP contribution < -0.4 is 10.9 Å². The summed E-state index contributed by atoms with van der Waals surface area (Å²) in [5.41, 5.74) is -1.13. The average molecular weight is 448 g/mol. The zero-order valence-electron chi connectivity index (χ0n) is 16.6. The molecule has 0 amide bonds. The number of rotatable bonds is 5. The van der Waals surface area contributed by atoms with Crippen LogP contribution in [0.1, 0.15) is 42.3 Å². The molecule has 10 heteroatoms. The van der Waals surface area contributed by atoms with Crippen molar-refractivity contribution in [1.29, 1.82) is 0 Å². The van der Waals surface area contributed by atoms with Crippen LogP contribution in [0.3, 0.4) is 0 Å². The van der Waals surface area contributed by atoms with Gasteiger partial charge < -0.3 is 5.32 Å². The largest absolute Gasteiger partial charge is 0.354 e. The van der Waals surface area contributed by atoms with E-state index in [1.165, 1.54) is 48.7 Å². The number of hydrogen-bond acceptors (Lipinski definition) is 4. The van der Waals surface area contributed by atoms with Gasteiger partial charge in [-0.2, -0.15) is 8.78 Å². The molecular weight excluding hydrogens is 431 g/mol. The second-order valence-corrected chi connectivity index (χ2v) is 7.31. The molecule has 0 spiro atoms. The van der Waals surface area contributed by atoms with Gasteiger partial charge in [-0.15, -0.1) is 0 Å². The van der Waals surface area contributed by atoms with Crippen LogP contribution in [0.25, 0.3) is 0 Å². The van der Waals surface area contributed by atoms with E-state index in [1.807, 2.05) is 0 Å². The molecule has 3 heterocycles. The topological polar surface area (TPSA) is 59.3 Å². The molecule has 3 aromatic rings. The number of nitrogens with one attached hydrogen (secondary N) is 1. The minimum Gasteiger partial charge on any atom is -0.354 e. The molecule has 0 radical (unpaired) electrons. The highest BCUT2D eigenvalue weighted by atomic mass is 19.3. The van der Waals surface area contributed by atoms with Gasteiger partial charge in [0.25, 0.3) is 12.0 Å². The van der Waals surface area contributed by atoms with E-state index in [4.69, 9.17) is 0 Å². The van der Waals surface area contributed by atoms with Gasteiger partial charge in [0, 0.05) is 29.6 Å². The van der Waals surface area contributed by atoms with Gasteiger partial charge in [0.2, 0.25) is 0 Å². The van der Waals surface area contributed by atoms with Crippen molar-refractivity contribution in [3.05, 3.63) is 99.5 Å². The van der Waals surface area contributed by atoms with Crippen LogP contribution in [0.15, 0.2) is 70.7 Å². The van der Waals surface area contributed by atoms with Crippen molar-refractivity contribution in [2.45, 2.75) is 31.5 Å². The van der Waals surface area contributed by atoms with Gasteiger partial charge in [0.1, 0.15) is 22.9 Å². The Morgan fingerprint density at radius 2 is 1.69 bits per heavy atom. The molecule has 32 heavy (non-hydrogen) atoms. The lowest BCUT2D eigenvalue weighted by Crippen LogP contribution is -2.48. The lowest BCUT2D eigenvalue weighted by atomic mass is 9.79. The molecule has 0 bridgehead atoms. The number of pyridine rings is 2. The summed E-state index contributed by atoms with van der Waals surface area (Å²) < 4.78 is 66.3. The first-order valence-corrected chi connectivity index (χ1v) is 9.59. The van der Waals surface area contributed by atoms with Gasteiger partial charge in [-0.1, -0.05) is 18.2 Å². The lowest BCUT2D eigenvalue weighted by Gasteiger charge is -2.35. The predicted octanol–water partition coefficient (Wildman–Crippen LogP) is 4.40. The molecule has 2 aromatic heterocycles. The van der Waals surface area contributed by atoms with Crippen LogP contribution in [0.4, 0.5) is 22.0 Å². The number of amidine groups is 1. The van der Waals surface area contributed by atoms with E-state index in [0.717, 1.165) is 12.3 Å². The first-order chi connectivity index (χ1) is 15.2. The third-order valence-electron chi connectivity index (χ3n) is 5.45. The van der Waals surface area contributed by atoms with Crippen LogP contribution in [0, 0.1) is 5.82 Å². The molecule has 0 saturated heterocycles. The zero-order valence-corrected chi connectivity index (χ0v) is 16.6. The molecule has 1 aliphatic rings. The summed E-state index contributed by atoms with van der Waals surface area (Å²) in [4.78, 5) is 20.1. The highest BCUT2D eigenvalue weighted by Gasteiger charge is 2.45. The Hall–Kier alpha value is -3.56. The Morgan fingerprint density at radius 1 is 1.00 bits per heavy atom. The third-order valence-corrected chi connectivity index (χ3v) is 5.45. The summed E-state index contributed by atoms with van der Waals surface area (Å²) in [5, 5.41) is 3.20. The molecule has 1 aliphatic heterocycles. The van der Waals surface area contributed by atoms with Crippen LogP contribution in [-0.2, 0) is 5.54 Å². The second kappa shape index (κ2) is 8.18. The summed E-state index contributed by atoms with van der Waals surface area (Å²) >= 11 is 0. The van der Waals surface area contributed by atoms with Gasteiger partial charge in [-0.3, -0.25) is 19.3 Å². The number of benzene rings is 1. The Kier molecular flexibility index (Phi) is 5.53. The Labute approximate surface area is 179 Å². The number of aromatic nitrogens is 2. The van der Waals surface area contributed by atoms with E-state index < -0.39 is 41.6 Å². The van der Waals surface area contributed by atoms with Gasteiger partial charge >= 0.3 is 6.55 Å². The summed E-state index contributed by atoms with van der Waals surface area (Å²) in [5.74, 6) is -0.250. The smallest absolute Gasteiger partial charge is 0.321 e. The maximum absolute atomic E-state index is 13.6. The van der Waals surface area contributed by atoms with Crippen molar-refractivity contribution in [3.8, 4) is 0 Å². The van der Waals surface area contributed by atoms with E-state index in [2.05, 4.69) is 15.3 Å². The fourth-order valence-corrected chi connectivity index (χ4v) is 3.83. The normalized spacial score (nSPS) is 20.5. The summed E-state index contributed by atoms with van der Waals surface area (Å²) in [6.45, 7) is -1.29. The van der Waals surface area contributed by atoms with Crippen LogP contribution in [0.2, 0.25) is 0 Å². The fraction of sp³-hybridized carbons (Fsp3) is 0.227. The Morgan fingerprint density at radius 3 is 2.28 bits per heavy atom. The average Bonchev–Trinajstić information content (AvgIpc) is 3.12. The Balaban J connectivity index is 1.82. The number of nitrogens with zero attached hydrogens (tertiary/aromatic N) is 3. The number of alkyl halides is 4. The summed E-state index contributed by atoms with van der Waals surface area (Å²) in [6.07, 6.45) is -0.473. The first-order valence-electron chi connectivity index (χ1n) is 9.59. The molecule has 166 valence electrons. The molecule has 4 rings (SSSR count). The zero-order chi connectivity index (χ0) is 23.0. The SMILES string of the molecule is C[C@@H]1N=C(c2ccc(=O)n(C(F)F)c2)N[C@]1(c1ccc(F)cc1)c1ccc(C(F)F)nc1. The van der Waals surface area contributed by atoms with Crippen LogP contribution >= 0.6 is 0 Å². The van der Waals surface area contributed by atoms with Crippen molar-refractivity contribution in [3.63, 3.8) is 0 Å². The molecule has 2 atom stereocenters. The van der Waals surface area contributed by atoms with Gasteiger partial charge in [-0.05, 0) is 36.8 Å². The predicted molar refractivity (Wildman–Crippen MR) is 107 cm³/mol. The standard InChI is InChI=1S/C22H17F5N4O/c1-12-22(14-3-6-16(23)7-4-14,15-5-8-17(19(24)25)28-10-15)30-20(29-12)13-2-9-18(32)31(11-13)21(26)27/h2-12,19,21H,1H3,(H,29,30)/t12-,22+/m0/s1. The highest BCUT2D eigenvalue weighted by molar-refractivity contribution is 6.01. The van der Waals surface area contributed by atoms with Crippen molar-refractivity contribution in [1.82, 2.24) is 14.9 Å². The first kappa shape index (κ1) is 21.7. The Bertz CT molecular complexity index is 1210. The van der Waals surface area contributed by atoms with E-state index >= 15 is 0 Å². The van der Waals surface area contributed by atoms with E-state index in [9.17, 15) is 26.7 Å². The minimum absolute atomic E-state index is 0.217. The second-order valence-electron chi connectivity index (χ2n) is 7.31. The van der Waals surface area contributed by atoms with Crippen LogP contribution in [-0.4, -0.2) is 21.4 Å². The summed E-state index contributed by atoms with van der Waals surface area (Å²) in [6, 6.07) is 10.0. The number of hydrogen-bond donors (Lipinski definition) is 1. The van der Waals surface area contributed by atoms with Crippen molar-refractivity contribution < 1.29 is 22.0 Å². The molecular formula is C22H17F5N4O. The lowest BCUT2D eigenvalue weighted by molar-refractivity contribution is 0.0663. The van der Waals surface area contributed by atoms with Crippen molar-refractivity contribution >= 4 is 5.84 Å². The maximum atomic E-state index is 13.6. The monoisotopic (exact) mass is 448 g/mol.